The van der Waals surface area contributed by atoms with Crippen LogP contribution < -0.4 is 14.4 Å². The molecule has 2 aromatic rings. The molecule has 2 heterocycles. The first-order valence-corrected chi connectivity index (χ1v) is 11.7. The number of benzene rings is 1. The van der Waals surface area contributed by atoms with Gasteiger partial charge in [-0.05, 0) is 24.3 Å². The number of anilines is 1. The summed E-state index contributed by atoms with van der Waals surface area (Å²) in [5, 5.41) is 8.81. The minimum atomic E-state index is -0.170. The molecule has 1 aromatic heterocycles. The van der Waals surface area contributed by atoms with Gasteiger partial charge in [0.2, 0.25) is 11.8 Å². The molecular formula is C25H35N5O5. The molecule has 1 saturated heterocycles. The summed E-state index contributed by atoms with van der Waals surface area (Å²) in [6.07, 6.45) is 0. The smallest absolute Gasteiger partial charge is 0.242 e. The quantitative estimate of drug-likeness (QED) is 0.504. The Morgan fingerprint density at radius 3 is 2.31 bits per heavy atom. The van der Waals surface area contributed by atoms with Crippen LogP contribution in [0.5, 0.6) is 11.5 Å². The van der Waals surface area contributed by atoms with Crippen molar-refractivity contribution in [1.82, 2.24) is 20.0 Å². The molecule has 0 atom stereocenters. The van der Waals surface area contributed by atoms with Gasteiger partial charge in [-0.2, -0.15) is 0 Å². The number of rotatable bonds is 10. The van der Waals surface area contributed by atoms with Gasteiger partial charge >= 0.3 is 0 Å². The van der Waals surface area contributed by atoms with E-state index < -0.39 is 0 Å². The van der Waals surface area contributed by atoms with E-state index in [-0.39, 0.29) is 24.3 Å². The molecule has 0 bridgehead atoms. The highest BCUT2D eigenvalue weighted by Gasteiger charge is 2.26. The summed E-state index contributed by atoms with van der Waals surface area (Å²) in [6, 6.07) is 9.40. The minimum Gasteiger partial charge on any atom is -0.497 e. The predicted octanol–water partition coefficient (Wildman–Crippen LogP) is 1.94. The van der Waals surface area contributed by atoms with E-state index in [4.69, 9.17) is 14.2 Å². The van der Waals surface area contributed by atoms with Crippen LogP contribution in [0, 0.1) is 5.92 Å². The molecule has 35 heavy (non-hydrogen) atoms. The zero-order valence-electron chi connectivity index (χ0n) is 21.2. The zero-order valence-corrected chi connectivity index (χ0v) is 21.2. The fraction of sp³-hybridized carbons (Fsp3) is 0.520. The number of ether oxygens (including phenoxy) is 3. The lowest BCUT2D eigenvalue weighted by Gasteiger charge is -2.36. The van der Waals surface area contributed by atoms with E-state index in [1.807, 2.05) is 44.2 Å². The first-order chi connectivity index (χ1) is 16.9. The monoisotopic (exact) mass is 485 g/mol. The lowest BCUT2D eigenvalue weighted by atomic mass is 10.1. The maximum Gasteiger partial charge on any atom is 0.242 e. The van der Waals surface area contributed by atoms with Crippen LogP contribution >= 0.6 is 0 Å². The standard InChI is InChI=1S/C25H35N5O5/c1-18(2)25(32)30(14-15-33-3)17-24(31)29-12-10-28(11-13-29)23-9-8-21(26-27-23)20-7-6-19(34-4)16-22(20)35-5/h6-9,16,18H,10-15,17H2,1-5H3. The molecule has 0 unspecified atom stereocenters. The molecule has 0 spiro atoms. The normalized spacial score (nSPS) is 13.7. The molecule has 1 aliphatic rings. The number of nitrogens with zero attached hydrogens (tertiary/aromatic N) is 5. The number of piperazine rings is 1. The van der Waals surface area contributed by atoms with Gasteiger partial charge in [-0.25, -0.2) is 0 Å². The second-order valence-electron chi connectivity index (χ2n) is 8.62. The number of hydrogen-bond acceptors (Lipinski definition) is 8. The second-order valence-corrected chi connectivity index (χ2v) is 8.62. The Morgan fingerprint density at radius 2 is 1.74 bits per heavy atom. The van der Waals surface area contributed by atoms with E-state index in [2.05, 4.69) is 15.1 Å². The van der Waals surface area contributed by atoms with E-state index in [9.17, 15) is 9.59 Å². The van der Waals surface area contributed by atoms with Gasteiger partial charge in [0.05, 0.1) is 33.1 Å². The molecular weight excluding hydrogens is 450 g/mol. The molecule has 0 saturated carbocycles. The molecule has 2 amide bonds. The van der Waals surface area contributed by atoms with Crippen LogP contribution in [0.3, 0.4) is 0 Å². The Balaban J connectivity index is 1.59. The van der Waals surface area contributed by atoms with Crippen molar-refractivity contribution in [2.45, 2.75) is 13.8 Å². The van der Waals surface area contributed by atoms with Crippen molar-refractivity contribution in [2.24, 2.45) is 5.92 Å². The fourth-order valence-electron chi connectivity index (χ4n) is 3.93. The molecule has 190 valence electrons. The van der Waals surface area contributed by atoms with Crippen LogP contribution in [0.15, 0.2) is 30.3 Å². The van der Waals surface area contributed by atoms with Gasteiger partial charge in [-0.1, -0.05) is 13.8 Å². The fourth-order valence-corrected chi connectivity index (χ4v) is 3.93. The number of carbonyl (C=O) groups is 2. The molecule has 1 aromatic carbocycles. The van der Waals surface area contributed by atoms with Crippen LogP contribution in [0.1, 0.15) is 13.8 Å². The average molecular weight is 486 g/mol. The number of hydrogen-bond donors (Lipinski definition) is 0. The van der Waals surface area contributed by atoms with Gasteiger partial charge in [0.15, 0.2) is 5.82 Å². The maximum atomic E-state index is 12.9. The van der Waals surface area contributed by atoms with Gasteiger partial charge < -0.3 is 28.9 Å². The molecule has 10 nitrogen and oxygen atoms in total. The first kappa shape index (κ1) is 26.2. The molecule has 1 fully saturated rings. The van der Waals surface area contributed by atoms with E-state index in [0.29, 0.717) is 56.5 Å². The Kier molecular flexibility index (Phi) is 9.25. The van der Waals surface area contributed by atoms with Gasteiger partial charge in [0.25, 0.3) is 0 Å². The van der Waals surface area contributed by atoms with Crippen molar-refractivity contribution in [3.8, 4) is 22.8 Å². The first-order valence-electron chi connectivity index (χ1n) is 11.7. The largest absolute Gasteiger partial charge is 0.497 e. The summed E-state index contributed by atoms with van der Waals surface area (Å²) in [7, 11) is 4.80. The molecule has 1 aliphatic heterocycles. The average Bonchev–Trinajstić information content (AvgIpc) is 2.90. The number of carbonyl (C=O) groups excluding carboxylic acids is 2. The third kappa shape index (κ3) is 6.60. The lowest BCUT2D eigenvalue weighted by molar-refractivity contribution is -0.143. The molecule has 3 rings (SSSR count). The van der Waals surface area contributed by atoms with Crippen molar-refractivity contribution in [3.63, 3.8) is 0 Å². The topological polar surface area (TPSA) is 97.3 Å². The van der Waals surface area contributed by atoms with Crippen molar-refractivity contribution < 1.29 is 23.8 Å². The highest BCUT2D eigenvalue weighted by molar-refractivity contribution is 5.85. The van der Waals surface area contributed by atoms with Crippen molar-refractivity contribution in [1.29, 1.82) is 0 Å². The summed E-state index contributed by atoms with van der Waals surface area (Å²) >= 11 is 0. The Hall–Kier alpha value is -3.40. The van der Waals surface area contributed by atoms with Gasteiger partial charge in [0.1, 0.15) is 11.5 Å². The van der Waals surface area contributed by atoms with E-state index in [1.165, 1.54) is 0 Å². The summed E-state index contributed by atoms with van der Waals surface area (Å²) in [5.41, 5.74) is 1.53. The molecule has 0 aliphatic carbocycles. The van der Waals surface area contributed by atoms with Crippen LogP contribution in [0.4, 0.5) is 5.82 Å². The summed E-state index contributed by atoms with van der Waals surface area (Å²) in [5.74, 6) is 1.86. The second kappa shape index (κ2) is 12.3. The van der Waals surface area contributed by atoms with Crippen LogP contribution in [-0.2, 0) is 14.3 Å². The number of aromatic nitrogens is 2. The van der Waals surface area contributed by atoms with E-state index >= 15 is 0 Å². The zero-order chi connectivity index (χ0) is 25.4. The van der Waals surface area contributed by atoms with Crippen LogP contribution in [-0.4, -0.2) is 99.0 Å². The van der Waals surface area contributed by atoms with Gasteiger partial charge in [-0.3, -0.25) is 9.59 Å². The summed E-state index contributed by atoms with van der Waals surface area (Å²) in [4.78, 5) is 30.8. The Morgan fingerprint density at radius 1 is 1.00 bits per heavy atom. The van der Waals surface area contributed by atoms with E-state index in [0.717, 1.165) is 11.4 Å². The minimum absolute atomic E-state index is 0.0436. The number of methoxy groups -OCH3 is 3. The SMILES string of the molecule is COCCN(CC(=O)N1CCN(c2ccc(-c3ccc(OC)cc3OC)nn2)CC1)C(=O)C(C)C. The third-order valence-corrected chi connectivity index (χ3v) is 5.99. The molecule has 10 heteroatoms. The third-order valence-electron chi connectivity index (χ3n) is 5.99. The Labute approximate surface area is 206 Å². The molecule has 0 N–H and O–H groups in total. The highest BCUT2D eigenvalue weighted by Crippen LogP contribution is 2.32. The van der Waals surface area contributed by atoms with Gasteiger partial charge in [-0.15, -0.1) is 10.2 Å². The van der Waals surface area contributed by atoms with Crippen molar-refractivity contribution in [3.05, 3.63) is 30.3 Å². The van der Waals surface area contributed by atoms with Crippen molar-refractivity contribution in [2.75, 3.05) is 72.1 Å². The predicted molar refractivity (Wildman–Crippen MR) is 133 cm³/mol. The van der Waals surface area contributed by atoms with E-state index in [1.54, 1.807) is 31.1 Å². The Bertz CT molecular complexity index is 990. The van der Waals surface area contributed by atoms with Crippen LogP contribution in [0.2, 0.25) is 0 Å². The summed E-state index contributed by atoms with van der Waals surface area (Å²) in [6.45, 7) is 6.94. The van der Waals surface area contributed by atoms with Crippen LogP contribution in [0.25, 0.3) is 11.3 Å². The van der Waals surface area contributed by atoms with Crippen molar-refractivity contribution >= 4 is 17.6 Å². The number of amides is 2. The van der Waals surface area contributed by atoms with Gasteiger partial charge in [0, 0.05) is 57.4 Å². The molecule has 0 radical (unpaired) electrons. The maximum absolute atomic E-state index is 12.9. The highest BCUT2D eigenvalue weighted by atomic mass is 16.5. The summed E-state index contributed by atoms with van der Waals surface area (Å²) < 4.78 is 15.8. The lowest BCUT2D eigenvalue weighted by Crippen LogP contribution is -2.52.